The molecule has 0 atom stereocenters. The fraction of sp³-hybridized carbons (Fsp3) is 0. The number of nitrogens with zero attached hydrogens (tertiary/aromatic N) is 5. The molecule has 0 fully saturated rings. The predicted octanol–water partition coefficient (Wildman–Crippen LogP) is 1.17. The fourth-order valence-corrected chi connectivity index (χ4v) is 1.42. The Bertz CT molecular complexity index is 759. The summed E-state index contributed by atoms with van der Waals surface area (Å²) < 4.78 is 33.0. The van der Waals surface area contributed by atoms with Gasteiger partial charge in [0.25, 0.3) is 0 Å². The monoisotopic (exact) mass is 264 g/mol. The Morgan fingerprint density at radius 2 is 2.00 bits per heavy atom. The van der Waals surface area contributed by atoms with E-state index in [1.54, 1.807) is 0 Å². The minimum Gasteiger partial charge on any atom is -0.434 e. The quantitative estimate of drug-likeness (QED) is 0.698. The average molecular weight is 264 g/mol. The highest BCUT2D eigenvalue weighted by atomic mass is 19.1. The van der Waals surface area contributed by atoms with Gasteiger partial charge in [0.05, 0.1) is 5.69 Å². The number of tetrazole rings is 1. The number of ether oxygens (including phenoxy) is 1. The van der Waals surface area contributed by atoms with Crippen LogP contribution in [-0.2, 0) is 0 Å². The highest BCUT2D eigenvalue weighted by Gasteiger charge is 2.11. The first kappa shape index (κ1) is 11.3. The molecule has 2 aromatic heterocycles. The molecule has 3 aromatic rings. The second kappa shape index (κ2) is 4.12. The Labute approximate surface area is 104 Å². The number of halogens is 2. The molecule has 19 heavy (non-hydrogen) atoms. The van der Waals surface area contributed by atoms with Crippen molar-refractivity contribution in [3.63, 3.8) is 0 Å². The van der Waals surface area contributed by atoms with Gasteiger partial charge < -0.3 is 10.5 Å². The number of nitrogen functional groups attached to an aromatic ring is 1. The molecule has 2 N–H and O–H groups in total. The number of anilines is 1. The normalized spacial score (nSPS) is 10.8. The molecular formula is C10H6F2N6O. The molecule has 9 heteroatoms. The molecule has 0 aliphatic heterocycles. The Kier molecular flexibility index (Phi) is 2.44. The fourth-order valence-electron chi connectivity index (χ4n) is 1.42. The van der Waals surface area contributed by atoms with Crippen LogP contribution in [-0.4, -0.2) is 25.3 Å². The molecule has 0 saturated heterocycles. The van der Waals surface area contributed by atoms with Crippen molar-refractivity contribution in [1.29, 1.82) is 0 Å². The maximum Gasteiger partial charge on any atom is 0.239 e. The summed E-state index contributed by atoms with van der Waals surface area (Å²) in [5.74, 6) is -1.88. The number of nitrogens with two attached hydrogens (primary N) is 1. The van der Waals surface area contributed by atoms with Gasteiger partial charge in [-0.15, -0.1) is 14.8 Å². The van der Waals surface area contributed by atoms with Crippen LogP contribution in [0.5, 0.6) is 11.6 Å². The summed E-state index contributed by atoms with van der Waals surface area (Å²) in [6, 6.07) is 4.63. The van der Waals surface area contributed by atoms with Gasteiger partial charge in [0.1, 0.15) is 5.82 Å². The smallest absolute Gasteiger partial charge is 0.239 e. The Morgan fingerprint density at radius 1 is 1.16 bits per heavy atom. The SMILES string of the molecule is Nc1cc(F)c(Oc2ccc3nnnn3n2)cc1F. The van der Waals surface area contributed by atoms with Crippen molar-refractivity contribution in [3.8, 4) is 11.6 Å². The summed E-state index contributed by atoms with van der Waals surface area (Å²) in [4.78, 5) is 0. The lowest BCUT2D eigenvalue weighted by atomic mass is 10.3. The van der Waals surface area contributed by atoms with E-state index in [-0.39, 0.29) is 17.3 Å². The van der Waals surface area contributed by atoms with Crippen molar-refractivity contribution in [1.82, 2.24) is 25.3 Å². The van der Waals surface area contributed by atoms with Gasteiger partial charge in [0.2, 0.25) is 5.88 Å². The van der Waals surface area contributed by atoms with Gasteiger partial charge in [-0.3, -0.25) is 0 Å². The van der Waals surface area contributed by atoms with E-state index in [0.717, 1.165) is 16.8 Å². The Balaban J connectivity index is 1.98. The largest absolute Gasteiger partial charge is 0.434 e. The van der Waals surface area contributed by atoms with E-state index < -0.39 is 11.6 Å². The van der Waals surface area contributed by atoms with Crippen molar-refractivity contribution in [2.24, 2.45) is 0 Å². The van der Waals surface area contributed by atoms with Gasteiger partial charge >= 0.3 is 0 Å². The lowest BCUT2D eigenvalue weighted by Gasteiger charge is -2.06. The lowest BCUT2D eigenvalue weighted by molar-refractivity contribution is 0.412. The zero-order chi connectivity index (χ0) is 13.4. The van der Waals surface area contributed by atoms with Crippen molar-refractivity contribution in [2.45, 2.75) is 0 Å². The van der Waals surface area contributed by atoms with E-state index in [4.69, 9.17) is 10.5 Å². The van der Waals surface area contributed by atoms with E-state index in [2.05, 4.69) is 20.6 Å². The highest BCUT2D eigenvalue weighted by molar-refractivity contribution is 5.45. The number of benzene rings is 1. The van der Waals surface area contributed by atoms with Crippen LogP contribution in [0.1, 0.15) is 0 Å². The third-order valence-electron chi connectivity index (χ3n) is 2.31. The zero-order valence-corrected chi connectivity index (χ0v) is 9.29. The van der Waals surface area contributed by atoms with Gasteiger partial charge in [-0.2, -0.15) is 0 Å². The van der Waals surface area contributed by atoms with E-state index in [1.807, 2.05) is 0 Å². The van der Waals surface area contributed by atoms with E-state index in [0.29, 0.717) is 5.65 Å². The number of rotatable bonds is 2. The molecule has 0 bridgehead atoms. The van der Waals surface area contributed by atoms with Crippen LogP contribution >= 0.6 is 0 Å². The molecule has 2 heterocycles. The molecule has 0 radical (unpaired) electrons. The number of fused-ring (bicyclic) bond motifs is 1. The van der Waals surface area contributed by atoms with Crippen LogP contribution in [0.25, 0.3) is 5.65 Å². The van der Waals surface area contributed by atoms with Gasteiger partial charge in [0, 0.05) is 18.2 Å². The van der Waals surface area contributed by atoms with Crippen LogP contribution in [0.15, 0.2) is 24.3 Å². The summed E-state index contributed by atoms with van der Waals surface area (Å²) in [7, 11) is 0. The molecule has 0 amide bonds. The van der Waals surface area contributed by atoms with Crippen molar-refractivity contribution in [2.75, 3.05) is 5.73 Å². The topological polar surface area (TPSA) is 91.2 Å². The third kappa shape index (κ3) is 2.01. The molecule has 0 aliphatic carbocycles. The van der Waals surface area contributed by atoms with E-state index >= 15 is 0 Å². The zero-order valence-electron chi connectivity index (χ0n) is 9.29. The maximum absolute atomic E-state index is 13.5. The average Bonchev–Trinajstić information content (AvgIpc) is 2.83. The van der Waals surface area contributed by atoms with Gasteiger partial charge in [-0.25, -0.2) is 8.78 Å². The van der Waals surface area contributed by atoms with E-state index in [1.165, 1.54) is 12.1 Å². The lowest BCUT2D eigenvalue weighted by Crippen LogP contribution is -1.99. The number of aromatic nitrogens is 5. The summed E-state index contributed by atoms with van der Waals surface area (Å²) >= 11 is 0. The second-order valence-corrected chi connectivity index (χ2v) is 3.60. The summed E-state index contributed by atoms with van der Waals surface area (Å²) in [5, 5.41) is 14.4. The minimum absolute atomic E-state index is 0.0165. The van der Waals surface area contributed by atoms with Crippen LogP contribution < -0.4 is 10.5 Å². The van der Waals surface area contributed by atoms with Gasteiger partial charge in [0.15, 0.2) is 17.2 Å². The first-order valence-corrected chi connectivity index (χ1v) is 5.11. The highest BCUT2D eigenvalue weighted by Crippen LogP contribution is 2.26. The molecule has 0 unspecified atom stereocenters. The number of hydrogen-bond donors (Lipinski definition) is 1. The maximum atomic E-state index is 13.5. The third-order valence-corrected chi connectivity index (χ3v) is 2.31. The minimum atomic E-state index is -0.794. The first-order valence-electron chi connectivity index (χ1n) is 5.11. The molecule has 3 rings (SSSR count). The molecule has 1 aromatic carbocycles. The standard InChI is InChI=1S/C10H6F2N6O/c11-5-4-8(6(12)3-7(5)13)19-10-2-1-9-14-16-17-18(9)15-10/h1-4H,13H2. The Morgan fingerprint density at radius 3 is 2.84 bits per heavy atom. The first-order chi connectivity index (χ1) is 9.13. The van der Waals surface area contributed by atoms with Crippen molar-refractivity contribution in [3.05, 3.63) is 35.9 Å². The van der Waals surface area contributed by atoms with Gasteiger partial charge in [-0.1, -0.05) is 0 Å². The second-order valence-electron chi connectivity index (χ2n) is 3.60. The van der Waals surface area contributed by atoms with Gasteiger partial charge in [-0.05, 0) is 16.5 Å². The molecule has 7 nitrogen and oxygen atoms in total. The molecule has 96 valence electrons. The van der Waals surface area contributed by atoms with Crippen LogP contribution in [0.3, 0.4) is 0 Å². The van der Waals surface area contributed by atoms with Crippen molar-refractivity contribution >= 4 is 11.3 Å². The van der Waals surface area contributed by atoms with Crippen LogP contribution in [0, 0.1) is 11.6 Å². The number of hydrogen-bond acceptors (Lipinski definition) is 6. The van der Waals surface area contributed by atoms with Crippen molar-refractivity contribution < 1.29 is 13.5 Å². The summed E-state index contributed by atoms with van der Waals surface area (Å²) in [5.41, 5.74) is 5.33. The Hall–Kier alpha value is -2.84. The molecule has 0 spiro atoms. The predicted molar refractivity (Wildman–Crippen MR) is 59.4 cm³/mol. The molecule has 0 saturated carbocycles. The van der Waals surface area contributed by atoms with Crippen LogP contribution in [0.4, 0.5) is 14.5 Å². The van der Waals surface area contributed by atoms with Crippen LogP contribution in [0.2, 0.25) is 0 Å². The molecular weight excluding hydrogens is 258 g/mol. The summed E-state index contributed by atoms with van der Waals surface area (Å²) in [6.45, 7) is 0. The summed E-state index contributed by atoms with van der Waals surface area (Å²) in [6.07, 6.45) is 0. The molecule has 0 aliphatic rings. The van der Waals surface area contributed by atoms with E-state index in [9.17, 15) is 8.78 Å².